The van der Waals surface area contributed by atoms with Crippen LogP contribution in [0.1, 0.15) is 47.2 Å². The van der Waals surface area contributed by atoms with Gasteiger partial charge in [0.15, 0.2) is 0 Å². The van der Waals surface area contributed by atoms with E-state index in [2.05, 4.69) is 20.9 Å². The summed E-state index contributed by atoms with van der Waals surface area (Å²) >= 11 is 0. The number of para-hydroxylation sites is 2. The number of alkyl halides is 3. The summed E-state index contributed by atoms with van der Waals surface area (Å²) in [5.74, 6) is -0.0497. The van der Waals surface area contributed by atoms with E-state index in [0.29, 0.717) is 48.6 Å². The van der Waals surface area contributed by atoms with Crippen molar-refractivity contribution in [1.29, 1.82) is 0 Å². The molecule has 0 unspecified atom stereocenters. The van der Waals surface area contributed by atoms with E-state index in [0.717, 1.165) is 6.07 Å². The van der Waals surface area contributed by atoms with Gasteiger partial charge >= 0.3 is 18.2 Å². The number of nitrogens with zero attached hydrogens (tertiary/aromatic N) is 1. The van der Waals surface area contributed by atoms with Crippen LogP contribution in [0.3, 0.4) is 0 Å². The highest BCUT2D eigenvalue weighted by molar-refractivity contribution is 6.01. The molecule has 0 aliphatic heterocycles. The van der Waals surface area contributed by atoms with E-state index in [1.807, 2.05) is 0 Å². The van der Waals surface area contributed by atoms with Crippen LogP contribution in [-0.4, -0.2) is 40.1 Å². The zero-order valence-electron chi connectivity index (χ0n) is 24.9. The van der Waals surface area contributed by atoms with Crippen LogP contribution < -0.4 is 25.4 Å². The summed E-state index contributed by atoms with van der Waals surface area (Å²) < 4.78 is 51.5. The number of rotatable bonds is 10. The molecule has 4 N–H and O–H groups in total. The minimum atomic E-state index is -4.57. The van der Waals surface area contributed by atoms with Crippen molar-refractivity contribution in [3.8, 4) is 17.4 Å². The second kappa shape index (κ2) is 14.7. The molecule has 47 heavy (non-hydrogen) atoms. The third-order valence-corrected chi connectivity index (χ3v) is 7.43. The fourth-order valence-corrected chi connectivity index (χ4v) is 5.14. The largest absolute Gasteiger partial charge is 0.490 e. The number of pyridine rings is 1. The second-order valence-electron chi connectivity index (χ2n) is 10.9. The summed E-state index contributed by atoms with van der Waals surface area (Å²) in [5, 5.41) is 17.0. The average Bonchev–Trinajstić information content (AvgIpc) is 3.04. The van der Waals surface area contributed by atoms with Gasteiger partial charge < -0.3 is 30.5 Å². The number of carboxylic acid groups (broad SMARTS) is 1. The van der Waals surface area contributed by atoms with E-state index in [1.54, 1.807) is 48.5 Å². The minimum absolute atomic E-state index is 0.000395. The molecular weight excluding hydrogens is 617 g/mol. The van der Waals surface area contributed by atoms with Gasteiger partial charge in [0.25, 0.3) is 0 Å². The van der Waals surface area contributed by atoms with Crippen molar-refractivity contribution in [2.45, 2.75) is 50.4 Å². The zero-order valence-corrected chi connectivity index (χ0v) is 24.9. The molecule has 10 nitrogen and oxygen atoms in total. The van der Waals surface area contributed by atoms with Crippen molar-refractivity contribution in [2.24, 2.45) is 0 Å². The molecule has 1 aromatic heterocycles. The highest BCUT2D eigenvalue weighted by Gasteiger charge is 2.34. The zero-order chi connectivity index (χ0) is 33.4. The highest BCUT2D eigenvalue weighted by Crippen LogP contribution is 2.34. The topological polar surface area (TPSA) is 139 Å². The lowest BCUT2D eigenvalue weighted by Gasteiger charge is -2.29. The lowest BCUT2D eigenvalue weighted by atomic mass is 9.93. The Balaban J connectivity index is 1.04. The van der Waals surface area contributed by atoms with E-state index in [4.69, 9.17) is 9.47 Å². The number of nitrogens with one attached hydrogen (secondary N) is 3. The van der Waals surface area contributed by atoms with Crippen LogP contribution in [0.25, 0.3) is 0 Å². The van der Waals surface area contributed by atoms with E-state index in [1.165, 1.54) is 36.5 Å². The van der Waals surface area contributed by atoms with Gasteiger partial charge in [-0.2, -0.15) is 13.2 Å². The summed E-state index contributed by atoms with van der Waals surface area (Å²) in [6.45, 7) is 0. The Morgan fingerprint density at radius 2 is 1.47 bits per heavy atom. The number of amides is 3. The van der Waals surface area contributed by atoms with Crippen molar-refractivity contribution < 1.29 is 42.1 Å². The number of benzene rings is 3. The van der Waals surface area contributed by atoms with Gasteiger partial charge in [-0.15, -0.1) is 0 Å². The number of urea groups is 1. The number of aromatic nitrogens is 1. The van der Waals surface area contributed by atoms with Gasteiger partial charge in [-0.05, 0) is 79.8 Å². The lowest BCUT2D eigenvalue weighted by Crippen LogP contribution is -2.42. The first-order valence-electron chi connectivity index (χ1n) is 14.8. The first kappa shape index (κ1) is 32.8. The standard InChI is InChI=1S/C34H31F3N4O6/c35-34(36,37)27-6-2-4-8-29(27)41-33(45)39-22-10-12-23(13-11-22)46-24-14-16-25(17-15-24)47-31-18-9-21(20-38-31)19-30(42)40-28-7-3-1-5-26(28)32(43)44/h1-9,14-18,20,22-23H,10-13,19H2,(H,40,42)(H,43,44)(H2,39,41,45). The molecule has 0 atom stereocenters. The molecule has 1 aliphatic carbocycles. The van der Waals surface area contributed by atoms with Gasteiger partial charge in [0.1, 0.15) is 11.5 Å². The normalized spacial score (nSPS) is 16.1. The van der Waals surface area contributed by atoms with Crippen molar-refractivity contribution in [2.75, 3.05) is 10.6 Å². The molecule has 5 rings (SSSR count). The van der Waals surface area contributed by atoms with Crippen LogP contribution in [-0.2, 0) is 17.4 Å². The van der Waals surface area contributed by atoms with Crippen molar-refractivity contribution in [1.82, 2.24) is 10.3 Å². The Labute approximate surface area is 267 Å². The Kier molecular flexibility index (Phi) is 10.2. The SMILES string of the molecule is O=C(Cc1ccc(Oc2ccc(OC3CCC(NC(=O)Nc4ccccc4C(F)(F)F)CC3)cc2)nc1)Nc1ccccc1C(=O)O. The minimum Gasteiger partial charge on any atom is -0.490 e. The van der Waals surface area contributed by atoms with Crippen LogP contribution in [0.5, 0.6) is 17.4 Å². The molecule has 0 radical (unpaired) electrons. The van der Waals surface area contributed by atoms with Crippen molar-refractivity contribution in [3.63, 3.8) is 0 Å². The van der Waals surface area contributed by atoms with Crippen LogP contribution in [0, 0.1) is 0 Å². The summed E-state index contributed by atoms with van der Waals surface area (Å²) in [6.07, 6.45) is -0.628. The predicted molar refractivity (Wildman–Crippen MR) is 167 cm³/mol. The Hall–Kier alpha value is -5.59. The summed E-state index contributed by atoms with van der Waals surface area (Å²) in [4.78, 5) is 40.4. The van der Waals surface area contributed by atoms with Crippen molar-refractivity contribution in [3.05, 3.63) is 108 Å². The van der Waals surface area contributed by atoms with E-state index in [9.17, 15) is 32.7 Å². The van der Waals surface area contributed by atoms with E-state index >= 15 is 0 Å². The smallest absolute Gasteiger partial charge is 0.418 e. The van der Waals surface area contributed by atoms with E-state index < -0.39 is 23.7 Å². The van der Waals surface area contributed by atoms with Crippen LogP contribution in [0.4, 0.5) is 29.3 Å². The molecule has 13 heteroatoms. The number of ether oxygens (including phenoxy) is 2. The monoisotopic (exact) mass is 648 g/mol. The third-order valence-electron chi connectivity index (χ3n) is 7.43. The highest BCUT2D eigenvalue weighted by atomic mass is 19.4. The molecule has 1 saturated carbocycles. The predicted octanol–water partition coefficient (Wildman–Crippen LogP) is 7.28. The fraction of sp³-hybridized carbons (Fsp3) is 0.235. The number of hydrogen-bond acceptors (Lipinski definition) is 6. The van der Waals surface area contributed by atoms with Gasteiger partial charge in [0, 0.05) is 18.3 Å². The number of anilines is 2. The molecule has 4 aromatic rings. The first-order valence-corrected chi connectivity index (χ1v) is 14.8. The number of halogens is 3. The molecule has 3 aromatic carbocycles. The number of aromatic carboxylic acids is 1. The Bertz CT molecular complexity index is 1710. The Morgan fingerprint density at radius 1 is 0.809 bits per heavy atom. The molecule has 0 saturated heterocycles. The molecular formula is C34H31F3N4O6. The maximum atomic E-state index is 13.2. The van der Waals surface area contributed by atoms with Gasteiger partial charge in [-0.1, -0.05) is 30.3 Å². The molecule has 244 valence electrons. The Morgan fingerprint density at radius 3 is 2.13 bits per heavy atom. The van der Waals surface area contributed by atoms with Crippen LogP contribution >= 0.6 is 0 Å². The second-order valence-corrected chi connectivity index (χ2v) is 10.9. The molecule has 3 amide bonds. The maximum Gasteiger partial charge on any atom is 0.418 e. The van der Waals surface area contributed by atoms with Gasteiger partial charge in [0.2, 0.25) is 11.8 Å². The maximum absolute atomic E-state index is 13.2. The quantitative estimate of drug-likeness (QED) is 0.142. The van der Waals surface area contributed by atoms with Crippen LogP contribution in [0.2, 0.25) is 0 Å². The fourth-order valence-electron chi connectivity index (χ4n) is 5.14. The molecule has 1 aliphatic rings. The average molecular weight is 649 g/mol. The summed E-state index contributed by atoms with van der Waals surface area (Å²) in [5.41, 5.74) is -0.368. The van der Waals surface area contributed by atoms with Gasteiger partial charge in [-0.25, -0.2) is 14.6 Å². The van der Waals surface area contributed by atoms with Crippen LogP contribution in [0.15, 0.2) is 91.1 Å². The number of carbonyl (C=O) groups excluding carboxylic acids is 2. The third kappa shape index (κ3) is 9.22. The summed E-state index contributed by atoms with van der Waals surface area (Å²) in [6, 6.07) is 20.4. The van der Waals surface area contributed by atoms with Gasteiger partial charge in [-0.3, -0.25) is 4.79 Å². The first-order chi connectivity index (χ1) is 22.5. The number of hydrogen-bond donors (Lipinski definition) is 4. The molecule has 0 bridgehead atoms. The summed E-state index contributed by atoms with van der Waals surface area (Å²) in [7, 11) is 0. The molecule has 1 heterocycles. The number of carbonyl (C=O) groups is 3. The number of carboxylic acids is 1. The lowest BCUT2D eigenvalue weighted by molar-refractivity contribution is -0.136. The van der Waals surface area contributed by atoms with E-state index in [-0.39, 0.29) is 41.4 Å². The van der Waals surface area contributed by atoms with Crippen molar-refractivity contribution >= 4 is 29.3 Å². The molecule has 0 spiro atoms. The molecule has 1 fully saturated rings. The van der Waals surface area contributed by atoms with Gasteiger partial charge in [0.05, 0.1) is 35.0 Å².